The summed E-state index contributed by atoms with van der Waals surface area (Å²) in [6, 6.07) is 5.44. The van der Waals surface area contributed by atoms with Crippen LogP contribution in [-0.2, 0) is 20.7 Å². The molecule has 9 heteroatoms. The van der Waals surface area contributed by atoms with Crippen LogP contribution in [0, 0.1) is 0 Å². The maximum Gasteiger partial charge on any atom is 0.414 e. The van der Waals surface area contributed by atoms with Crippen LogP contribution < -0.4 is 15.1 Å². The Labute approximate surface area is 168 Å². The number of ether oxygens (including phenoxy) is 1. The maximum absolute atomic E-state index is 12.4. The third kappa shape index (κ3) is 4.24. The van der Waals surface area contributed by atoms with Crippen molar-refractivity contribution in [3.8, 4) is 0 Å². The summed E-state index contributed by atoms with van der Waals surface area (Å²) in [6.45, 7) is 4.59. The van der Waals surface area contributed by atoms with Gasteiger partial charge >= 0.3 is 12.1 Å². The zero-order valence-corrected chi connectivity index (χ0v) is 16.6. The Hall–Kier alpha value is -2.68. The number of nitrogens with zero attached hydrogens (tertiary/aromatic N) is 2. The van der Waals surface area contributed by atoms with Gasteiger partial charge in [0.05, 0.1) is 24.5 Å². The van der Waals surface area contributed by atoms with Crippen molar-refractivity contribution in [2.75, 3.05) is 22.9 Å². The first-order valence-electron chi connectivity index (χ1n) is 9.15. The minimum absolute atomic E-state index is 0.0344. The number of carboxylic acid groups (broad SMARTS) is 1. The SMILES string of the molecule is CC(=S)NC[C@H]1CN(c2ccc3c(c2)C[C@@H](C)N3C(=O)CCC(=O)O)C(=O)O1. The number of hydrogen-bond donors (Lipinski definition) is 2. The predicted molar refractivity (Wildman–Crippen MR) is 108 cm³/mol. The molecule has 2 heterocycles. The molecule has 1 aromatic carbocycles. The summed E-state index contributed by atoms with van der Waals surface area (Å²) >= 11 is 4.98. The summed E-state index contributed by atoms with van der Waals surface area (Å²) in [7, 11) is 0. The van der Waals surface area contributed by atoms with Gasteiger partial charge in [-0.1, -0.05) is 12.2 Å². The van der Waals surface area contributed by atoms with Gasteiger partial charge in [-0.2, -0.15) is 0 Å². The van der Waals surface area contributed by atoms with E-state index in [9.17, 15) is 14.4 Å². The highest BCUT2D eigenvalue weighted by Crippen LogP contribution is 2.36. The number of carbonyl (C=O) groups is 3. The van der Waals surface area contributed by atoms with Crippen molar-refractivity contribution in [1.29, 1.82) is 0 Å². The monoisotopic (exact) mass is 405 g/mol. The quantitative estimate of drug-likeness (QED) is 0.699. The highest BCUT2D eigenvalue weighted by atomic mass is 32.1. The zero-order chi connectivity index (χ0) is 20.4. The molecule has 0 spiro atoms. The number of thiocarbonyl (C=S) groups is 1. The fourth-order valence-corrected chi connectivity index (χ4v) is 3.68. The molecular formula is C19H23N3O5S. The zero-order valence-electron chi connectivity index (χ0n) is 15.8. The maximum atomic E-state index is 12.4. The van der Waals surface area contributed by atoms with E-state index in [-0.39, 0.29) is 30.9 Å². The Balaban J connectivity index is 1.73. The van der Waals surface area contributed by atoms with Crippen LogP contribution in [0.5, 0.6) is 0 Å². The summed E-state index contributed by atoms with van der Waals surface area (Å²) < 4.78 is 5.38. The summed E-state index contributed by atoms with van der Waals surface area (Å²) in [4.78, 5) is 39.3. The molecule has 0 bridgehead atoms. The number of anilines is 2. The highest BCUT2D eigenvalue weighted by Gasteiger charge is 2.35. The third-order valence-electron chi connectivity index (χ3n) is 4.86. The molecule has 1 fully saturated rings. The fraction of sp³-hybridized carbons (Fsp3) is 0.474. The van der Waals surface area contributed by atoms with Crippen LogP contribution in [0.25, 0.3) is 0 Å². The average molecular weight is 405 g/mol. The van der Waals surface area contributed by atoms with Crippen molar-refractivity contribution in [3.05, 3.63) is 23.8 Å². The Kier molecular flexibility index (Phi) is 5.83. The molecule has 2 aliphatic heterocycles. The predicted octanol–water partition coefficient (Wildman–Crippen LogP) is 2.09. The highest BCUT2D eigenvalue weighted by molar-refractivity contribution is 7.80. The largest absolute Gasteiger partial charge is 0.481 e. The van der Waals surface area contributed by atoms with Crippen molar-refractivity contribution in [2.24, 2.45) is 0 Å². The molecule has 150 valence electrons. The summed E-state index contributed by atoms with van der Waals surface area (Å²) in [6.07, 6.45) is -0.264. The van der Waals surface area contributed by atoms with E-state index in [2.05, 4.69) is 5.32 Å². The number of benzene rings is 1. The lowest BCUT2D eigenvalue weighted by Gasteiger charge is -2.23. The fourth-order valence-electron chi connectivity index (χ4n) is 3.60. The Morgan fingerprint density at radius 2 is 2.11 bits per heavy atom. The molecule has 0 aromatic heterocycles. The van der Waals surface area contributed by atoms with Crippen LogP contribution >= 0.6 is 12.2 Å². The van der Waals surface area contributed by atoms with E-state index in [0.29, 0.717) is 24.5 Å². The standard InChI is InChI=1S/C19H23N3O5S/c1-11-7-13-8-14(21-10-15(27-19(21)26)9-20-12(2)28)3-4-16(13)22(11)17(23)5-6-18(24)25/h3-4,8,11,15H,5-7,9-10H2,1-2H3,(H,20,28)(H,24,25)/t11-,15+/m1/s1. The van der Waals surface area contributed by atoms with Crippen LogP contribution in [0.4, 0.5) is 16.2 Å². The number of aliphatic carboxylic acids is 1. The average Bonchev–Trinajstić information content (AvgIpc) is 3.16. The lowest BCUT2D eigenvalue weighted by molar-refractivity contribution is -0.138. The summed E-state index contributed by atoms with van der Waals surface area (Å²) in [5.41, 5.74) is 2.45. The number of amides is 2. The number of fused-ring (bicyclic) bond motifs is 1. The Morgan fingerprint density at radius 3 is 2.79 bits per heavy atom. The van der Waals surface area contributed by atoms with Gasteiger partial charge in [0, 0.05) is 23.8 Å². The molecule has 2 atom stereocenters. The first-order valence-corrected chi connectivity index (χ1v) is 9.56. The molecule has 0 saturated carbocycles. The van der Waals surface area contributed by atoms with Gasteiger partial charge in [0.25, 0.3) is 0 Å². The smallest absolute Gasteiger partial charge is 0.414 e. The van der Waals surface area contributed by atoms with Crippen LogP contribution in [0.2, 0.25) is 0 Å². The molecule has 0 unspecified atom stereocenters. The molecular weight excluding hydrogens is 382 g/mol. The van der Waals surface area contributed by atoms with Gasteiger partial charge in [0.15, 0.2) is 0 Å². The molecule has 3 rings (SSSR count). The Bertz CT molecular complexity index is 828. The van der Waals surface area contributed by atoms with E-state index in [4.69, 9.17) is 22.1 Å². The van der Waals surface area contributed by atoms with Gasteiger partial charge in [-0.15, -0.1) is 0 Å². The van der Waals surface area contributed by atoms with Crippen molar-refractivity contribution < 1.29 is 24.2 Å². The van der Waals surface area contributed by atoms with Crippen LogP contribution in [-0.4, -0.2) is 53.3 Å². The van der Waals surface area contributed by atoms with Crippen LogP contribution in [0.15, 0.2) is 18.2 Å². The number of nitrogens with one attached hydrogen (secondary N) is 1. The molecule has 0 radical (unpaired) electrons. The molecule has 1 saturated heterocycles. The lowest BCUT2D eigenvalue weighted by Crippen LogP contribution is -2.35. The second-order valence-corrected chi connectivity index (χ2v) is 7.69. The van der Waals surface area contributed by atoms with E-state index in [1.807, 2.05) is 19.1 Å². The second kappa shape index (κ2) is 8.14. The molecule has 2 aliphatic rings. The van der Waals surface area contributed by atoms with Crippen molar-refractivity contribution in [3.63, 3.8) is 0 Å². The van der Waals surface area contributed by atoms with Gasteiger partial charge in [0.1, 0.15) is 6.10 Å². The van der Waals surface area contributed by atoms with Crippen molar-refractivity contribution in [2.45, 2.75) is 45.3 Å². The van der Waals surface area contributed by atoms with Gasteiger partial charge in [-0.3, -0.25) is 14.5 Å². The molecule has 0 aliphatic carbocycles. The molecule has 8 nitrogen and oxygen atoms in total. The van der Waals surface area contributed by atoms with Crippen LogP contribution in [0.1, 0.15) is 32.3 Å². The molecule has 28 heavy (non-hydrogen) atoms. The minimum Gasteiger partial charge on any atom is -0.481 e. The van der Waals surface area contributed by atoms with E-state index in [1.54, 1.807) is 22.8 Å². The van der Waals surface area contributed by atoms with E-state index >= 15 is 0 Å². The van der Waals surface area contributed by atoms with E-state index in [1.165, 1.54) is 0 Å². The van der Waals surface area contributed by atoms with Gasteiger partial charge in [0.2, 0.25) is 5.91 Å². The second-order valence-electron chi connectivity index (χ2n) is 7.08. The third-order valence-corrected chi connectivity index (χ3v) is 5.01. The number of hydrogen-bond acceptors (Lipinski definition) is 5. The Morgan fingerprint density at radius 1 is 1.36 bits per heavy atom. The lowest BCUT2D eigenvalue weighted by atomic mass is 10.1. The van der Waals surface area contributed by atoms with Crippen molar-refractivity contribution >= 4 is 46.6 Å². The molecule has 2 amide bonds. The van der Waals surface area contributed by atoms with Gasteiger partial charge in [-0.05, 0) is 44.0 Å². The van der Waals surface area contributed by atoms with Gasteiger partial charge in [-0.25, -0.2) is 4.79 Å². The van der Waals surface area contributed by atoms with Gasteiger partial charge < -0.3 is 20.1 Å². The summed E-state index contributed by atoms with van der Waals surface area (Å²) in [5, 5.41) is 11.8. The molecule has 1 aromatic rings. The van der Waals surface area contributed by atoms with E-state index in [0.717, 1.165) is 16.9 Å². The molecule has 2 N–H and O–H groups in total. The first kappa shape index (κ1) is 20.1. The number of carboxylic acids is 1. The normalized spacial score (nSPS) is 20.7. The number of carbonyl (C=O) groups excluding carboxylic acids is 2. The first-order chi connectivity index (χ1) is 13.3. The van der Waals surface area contributed by atoms with Crippen molar-refractivity contribution in [1.82, 2.24) is 5.32 Å². The number of rotatable bonds is 6. The minimum atomic E-state index is -0.990. The van der Waals surface area contributed by atoms with Crippen LogP contribution in [0.3, 0.4) is 0 Å². The van der Waals surface area contributed by atoms with E-state index < -0.39 is 12.1 Å². The summed E-state index contributed by atoms with van der Waals surface area (Å²) in [5.74, 6) is -1.19. The topological polar surface area (TPSA) is 99.2 Å². The number of cyclic esters (lactones) is 1.